The zero-order valence-electron chi connectivity index (χ0n) is 10.8. The van der Waals surface area contributed by atoms with Crippen molar-refractivity contribution in [3.8, 4) is 11.8 Å². The van der Waals surface area contributed by atoms with E-state index in [0.29, 0.717) is 18.0 Å². The number of hydrogen-bond acceptors (Lipinski definition) is 2. The lowest BCUT2D eigenvalue weighted by atomic mass is 10.1. The summed E-state index contributed by atoms with van der Waals surface area (Å²) < 4.78 is 0. The van der Waals surface area contributed by atoms with Crippen LogP contribution in [0.3, 0.4) is 0 Å². The summed E-state index contributed by atoms with van der Waals surface area (Å²) in [4.78, 5) is 14.0. The van der Waals surface area contributed by atoms with E-state index in [4.69, 9.17) is 17.3 Å². The molecule has 1 heterocycles. The summed E-state index contributed by atoms with van der Waals surface area (Å²) in [5.74, 6) is 5.98. The third kappa shape index (κ3) is 3.50. The largest absolute Gasteiger partial charge is 0.320 e. The van der Waals surface area contributed by atoms with Crippen LogP contribution in [0.5, 0.6) is 0 Å². The molecule has 0 unspecified atom stereocenters. The van der Waals surface area contributed by atoms with E-state index in [0.717, 1.165) is 37.1 Å². The van der Waals surface area contributed by atoms with Crippen LogP contribution in [-0.2, 0) is 4.79 Å². The van der Waals surface area contributed by atoms with Crippen LogP contribution in [0.2, 0.25) is 5.02 Å². The van der Waals surface area contributed by atoms with Crippen LogP contribution in [0.15, 0.2) is 18.2 Å². The maximum atomic E-state index is 12.1. The quantitative estimate of drug-likeness (QED) is 0.802. The molecule has 2 N–H and O–H groups in total. The molecule has 0 radical (unpaired) electrons. The van der Waals surface area contributed by atoms with Gasteiger partial charge < -0.3 is 10.6 Å². The molecule has 0 saturated carbocycles. The second-order valence-corrected chi connectivity index (χ2v) is 4.96. The Morgan fingerprint density at radius 3 is 2.95 bits per heavy atom. The van der Waals surface area contributed by atoms with E-state index in [2.05, 4.69) is 11.8 Å². The fraction of sp³-hybridized carbons (Fsp3) is 0.400. The van der Waals surface area contributed by atoms with Crippen LogP contribution in [0.4, 0.5) is 5.69 Å². The Hall–Kier alpha value is -1.50. The highest BCUT2D eigenvalue weighted by Crippen LogP contribution is 2.26. The molecule has 0 bridgehead atoms. The van der Waals surface area contributed by atoms with Crippen molar-refractivity contribution in [2.24, 2.45) is 5.73 Å². The molecule has 1 amide bonds. The summed E-state index contributed by atoms with van der Waals surface area (Å²) in [6.45, 7) is 1.04. The highest BCUT2D eigenvalue weighted by atomic mass is 35.5. The number of amides is 1. The van der Waals surface area contributed by atoms with Gasteiger partial charge in [-0.1, -0.05) is 29.9 Å². The molecule has 1 aromatic rings. The van der Waals surface area contributed by atoms with Crippen molar-refractivity contribution in [1.82, 2.24) is 0 Å². The summed E-state index contributed by atoms with van der Waals surface area (Å²) in [5.41, 5.74) is 7.02. The lowest BCUT2D eigenvalue weighted by molar-refractivity contribution is -0.118. The van der Waals surface area contributed by atoms with Gasteiger partial charge in [0.2, 0.25) is 5.91 Å². The average Bonchev–Trinajstić information content (AvgIpc) is 2.61. The van der Waals surface area contributed by atoms with Gasteiger partial charge in [-0.3, -0.25) is 4.79 Å². The van der Waals surface area contributed by atoms with Gasteiger partial charge in [0.15, 0.2) is 0 Å². The van der Waals surface area contributed by atoms with Crippen molar-refractivity contribution in [3.05, 3.63) is 28.8 Å². The van der Waals surface area contributed by atoms with Crippen LogP contribution in [0, 0.1) is 11.8 Å². The van der Waals surface area contributed by atoms with Gasteiger partial charge in [-0.25, -0.2) is 0 Å². The molecule has 1 fully saturated rings. The first-order valence-electron chi connectivity index (χ1n) is 6.51. The summed E-state index contributed by atoms with van der Waals surface area (Å²) in [6, 6.07) is 5.45. The normalized spacial score (nSPS) is 15.7. The molecule has 1 aromatic carbocycles. The first-order chi connectivity index (χ1) is 9.22. The van der Waals surface area contributed by atoms with Crippen LogP contribution < -0.4 is 10.6 Å². The number of benzene rings is 1. The minimum Gasteiger partial charge on any atom is -0.320 e. The third-order valence-corrected chi connectivity index (χ3v) is 3.38. The number of rotatable bonds is 1. The maximum Gasteiger partial charge on any atom is 0.227 e. The van der Waals surface area contributed by atoms with Crippen LogP contribution >= 0.6 is 11.6 Å². The van der Waals surface area contributed by atoms with E-state index in [1.54, 1.807) is 12.1 Å². The van der Waals surface area contributed by atoms with Crippen LogP contribution in [-0.4, -0.2) is 19.0 Å². The van der Waals surface area contributed by atoms with Crippen molar-refractivity contribution in [2.45, 2.75) is 25.7 Å². The Bertz CT molecular complexity index is 531. The van der Waals surface area contributed by atoms with Crippen molar-refractivity contribution >= 4 is 23.2 Å². The van der Waals surface area contributed by atoms with Gasteiger partial charge in [0, 0.05) is 23.6 Å². The third-order valence-electron chi connectivity index (χ3n) is 3.15. The standard InChI is InChI=1S/C15H17ClN2O/c16-13-7-8-14(12(11-13)5-4-9-17)18-10-3-1-2-6-15(18)19/h7-8,11H,1-3,6,9-10,17H2. The predicted molar refractivity (Wildman–Crippen MR) is 78.2 cm³/mol. The number of anilines is 1. The Labute approximate surface area is 118 Å². The fourth-order valence-electron chi connectivity index (χ4n) is 2.23. The number of nitrogens with two attached hydrogens (primary N) is 1. The molecule has 0 aromatic heterocycles. The number of hydrogen-bond donors (Lipinski definition) is 1. The zero-order valence-corrected chi connectivity index (χ0v) is 11.5. The average molecular weight is 277 g/mol. The second kappa shape index (κ2) is 6.60. The lowest BCUT2D eigenvalue weighted by Gasteiger charge is -2.22. The molecule has 3 nitrogen and oxygen atoms in total. The number of carbonyl (C=O) groups excluding carboxylic acids is 1. The van der Waals surface area contributed by atoms with Crippen LogP contribution in [0.25, 0.3) is 0 Å². The molecule has 1 saturated heterocycles. The Morgan fingerprint density at radius 2 is 2.16 bits per heavy atom. The monoisotopic (exact) mass is 276 g/mol. The van der Waals surface area contributed by atoms with Gasteiger partial charge >= 0.3 is 0 Å². The van der Waals surface area contributed by atoms with Gasteiger partial charge in [0.25, 0.3) is 0 Å². The number of nitrogens with zero attached hydrogens (tertiary/aromatic N) is 1. The molecule has 1 aliphatic heterocycles. The molecule has 100 valence electrons. The molecular weight excluding hydrogens is 260 g/mol. The highest BCUT2D eigenvalue weighted by molar-refractivity contribution is 6.30. The van der Waals surface area contributed by atoms with Gasteiger partial charge in [-0.15, -0.1) is 0 Å². The molecule has 0 spiro atoms. The van der Waals surface area contributed by atoms with Crippen molar-refractivity contribution in [3.63, 3.8) is 0 Å². The summed E-state index contributed by atoms with van der Waals surface area (Å²) in [5, 5.41) is 0.618. The molecule has 0 atom stereocenters. The van der Waals surface area contributed by atoms with E-state index < -0.39 is 0 Å². The maximum absolute atomic E-state index is 12.1. The van der Waals surface area contributed by atoms with Gasteiger partial charge in [-0.2, -0.15) is 0 Å². The number of carbonyl (C=O) groups is 1. The molecule has 2 rings (SSSR count). The van der Waals surface area contributed by atoms with Gasteiger partial charge in [0.1, 0.15) is 0 Å². The zero-order chi connectivity index (χ0) is 13.7. The topological polar surface area (TPSA) is 46.3 Å². The van der Waals surface area contributed by atoms with E-state index >= 15 is 0 Å². The molecule has 4 heteroatoms. The van der Waals surface area contributed by atoms with Gasteiger partial charge in [0.05, 0.1) is 12.2 Å². The van der Waals surface area contributed by atoms with E-state index in [1.807, 2.05) is 11.0 Å². The van der Waals surface area contributed by atoms with Crippen molar-refractivity contribution in [2.75, 3.05) is 18.0 Å². The molecular formula is C15H17ClN2O. The molecule has 19 heavy (non-hydrogen) atoms. The van der Waals surface area contributed by atoms with E-state index in [9.17, 15) is 4.79 Å². The number of halogens is 1. The van der Waals surface area contributed by atoms with E-state index in [-0.39, 0.29) is 5.91 Å². The fourth-order valence-corrected chi connectivity index (χ4v) is 2.40. The summed E-state index contributed by atoms with van der Waals surface area (Å²) in [7, 11) is 0. The highest BCUT2D eigenvalue weighted by Gasteiger charge is 2.20. The van der Waals surface area contributed by atoms with E-state index in [1.165, 1.54) is 0 Å². The summed E-state index contributed by atoms with van der Waals surface area (Å²) in [6.07, 6.45) is 3.69. The van der Waals surface area contributed by atoms with Crippen molar-refractivity contribution in [1.29, 1.82) is 0 Å². The smallest absolute Gasteiger partial charge is 0.227 e. The molecule has 0 aliphatic carbocycles. The van der Waals surface area contributed by atoms with Crippen molar-refractivity contribution < 1.29 is 4.79 Å². The Balaban J connectivity index is 2.39. The lowest BCUT2D eigenvalue weighted by Crippen LogP contribution is -2.30. The van der Waals surface area contributed by atoms with Gasteiger partial charge in [-0.05, 0) is 31.0 Å². The summed E-state index contributed by atoms with van der Waals surface area (Å²) >= 11 is 6.00. The second-order valence-electron chi connectivity index (χ2n) is 4.52. The Morgan fingerprint density at radius 1 is 1.32 bits per heavy atom. The first-order valence-corrected chi connectivity index (χ1v) is 6.89. The predicted octanol–water partition coefficient (Wildman–Crippen LogP) is 2.56. The minimum absolute atomic E-state index is 0.163. The van der Waals surface area contributed by atoms with Crippen LogP contribution in [0.1, 0.15) is 31.2 Å². The first kappa shape index (κ1) is 13.9. The Kier molecular flexibility index (Phi) is 4.84. The SMILES string of the molecule is NCC#Cc1cc(Cl)ccc1N1CCCCCC1=O. The molecule has 1 aliphatic rings. The minimum atomic E-state index is 0.163.